The maximum Gasteiger partial charge on any atom is 0.217 e. The average molecular weight is 223 g/mol. The summed E-state index contributed by atoms with van der Waals surface area (Å²) >= 11 is 0. The quantitative estimate of drug-likeness (QED) is 0.587. The maximum atomic E-state index is 11.1. The number of amides is 1. The smallest absolute Gasteiger partial charge is 0.217 e. The average Bonchev–Trinajstić information content (AvgIpc) is 2.29. The molecule has 0 bridgehead atoms. The minimum Gasteiger partial charge on any atom is -0.359 e. The first kappa shape index (κ1) is 12.7. The minimum absolute atomic E-state index is 0.0742. The lowest BCUT2D eigenvalue weighted by molar-refractivity contribution is -0.120. The van der Waals surface area contributed by atoms with Crippen LogP contribution < -0.4 is 5.32 Å². The molecule has 88 valence electrons. The standard InChI is InChI=1S/C12H17NO3/c1-10(14)13-12(8-16-9-15-2)11-6-4-3-5-7-11/h3-7,12H,8-9H2,1-2H3,(H,13,14). The molecule has 1 amide bonds. The Balaban J connectivity index is 2.60. The van der Waals surface area contributed by atoms with E-state index in [1.165, 1.54) is 6.92 Å². The number of methoxy groups -OCH3 is 1. The van der Waals surface area contributed by atoms with Crippen LogP contribution in [0.2, 0.25) is 0 Å². The highest BCUT2D eigenvalue weighted by atomic mass is 16.7. The van der Waals surface area contributed by atoms with Gasteiger partial charge in [-0.25, -0.2) is 0 Å². The fourth-order valence-electron chi connectivity index (χ4n) is 1.40. The van der Waals surface area contributed by atoms with Crippen LogP contribution >= 0.6 is 0 Å². The molecule has 16 heavy (non-hydrogen) atoms. The molecule has 4 heteroatoms. The Morgan fingerprint density at radius 3 is 2.62 bits per heavy atom. The fraction of sp³-hybridized carbons (Fsp3) is 0.417. The number of hydrogen-bond acceptors (Lipinski definition) is 3. The van der Waals surface area contributed by atoms with Gasteiger partial charge in [0.2, 0.25) is 5.91 Å². The summed E-state index contributed by atoms with van der Waals surface area (Å²) in [4.78, 5) is 11.1. The van der Waals surface area contributed by atoms with E-state index in [0.29, 0.717) is 6.61 Å². The SMILES string of the molecule is COCOCC(NC(C)=O)c1ccccc1. The second kappa shape index (κ2) is 6.98. The van der Waals surface area contributed by atoms with Crippen molar-refractivity contribution >= 4 is 5.91 Å². The number of nitrogens with one attached hydrogen (secondary N) is 1. The molecule has 0 spiro atoms. The van der Waals surface area contributed by atoms with Crippen molar-refractivity contribution in [2.45, 2.75) is 13.0 Å². The molecule has 0 radical (unpaired) electrons. The minimum atomic E-state index is -0.131. The van der Waals surface area contributed by atoms with E-state index < -0.39 is 0 Å². The van der Waals surface area contributed by atoms with Gasteiger partial charge in [-0.05, 0) is 5.56 Å². The third-order valence-corrected chi connectivity index (χ3v) is 2.07. The van der Waals surface area contributed by atoms with Crippen LogP contribution in [0.5, 0.6) is 0 Å². The summed E-state index contributed by atoms with van der Waals surface area (Å²) in [5, 5.41) is 2.84. The number of carbonyl (C=O) groups is 1. The summed E-state index contributed by atoms with van der Waals surface area (Å²) < 4.78 is 10.1. The fourth-order valence-corrected chi connectivity index (χ4v) is 1.40. The monoisotopic (exact) mass is 223 g/mol. The van der Waals surface area contributed by atoms with E-state index in [9.17, 15) is 4.79 Å². The van der Waals surface area contributed by atoms with Gasteiger partial charge in [-0.2, -0.15) is 0 Å². The van der Waals surface area contributed by atoms with Crippen molar-refractivity contribution in [3.63, 3.8) is 0 Å². The van der Waals surface area contributed by atoms with Crippen molar-refractivity contribution in [1.82, 2.24) is 5.32 Å². The van der Waals surface area contributed by atoms with Crippen molar-refractivity contribution < 1.29 is 14.3 Å². The lowest BCUT2D eigenvalue weighted by atomic mass is 10.1. The Bertz CT molecular complexity index is 313. The molecular formula is C12H17NO3. The van der Waals surface area contributed by atoms with E-state index in [4.69, 9.17) is 9.47 Å². The van der Waals surface area contributed by atoms with Crippen LogP contribution in [0.1, 0.15) is 18.5 Å². The Kier molecular flexibility index (Phi) is 5.53. The van der Waals surface area contributed by atoms with E-state index in [1.54, 1.807) is 7.11 Å². The Morgan fingerprint density at radius 1 is 1.38 bits per heavy atom. The van der Waals surface area contributed by atoms with Gasteiger partial charge in [-0.15, -0.1) is 0 Å². The van der Waals surface area contributed by atoms with Gasteiger partial charge in [-0.1, -0.05) is 30.3 Å². The van der Waals surface area contributed by atoms with Crippen molar-refractivity contribution in [3.05, 3.63) is 35.9 Å². The second-order valence-corrected chi connectivity index (χ2v) is 3.44. The molecule has 1 aromatic rings. The molecule has 1 atom stereocenters. The number of hydrogen-bond donors (Lipinski definition) is 1. The van der Waals surface area contributed by atoms with Crippen molar-refractivity contribution in [2.75, 3.05) is 20.5 Å². The highest BCUT2D eigenvalue weighted by Crippen LogP contribution is 2.12. The molecule has 0 aromatic heterocycles. The zero-order chi connectivity index (χ0) is 11.8. The maximum absolute atomic E-state index is 11.1. The van der Waals surface area contributed by atoms with Crippen molar-refractivity contribution in [3.8, 4) is 0 Å². The first-order valence-electron chi connectivity index (χ1n) is 5.12. The lowest BCUT2D eigenvalue weighted by Gasteiger charge is -2.18. The molecule has 0 fully saturated rings. The molecule has 0 saturated carbocycles. The zero-order valence-corrected chi connectivity index (χ0v) is 9.60. The molecule has 0 aliphatic rings. The molecule has 0 heterocycles. The predicted molar refractivity (Wildman–Crippen MR) is 60.8 cm³/mol. The molecule has 1 unspecified atom stereocenters. The third-order valence-electron chi connectivity index (χ3n) is 2.07. The molecule has 1 rings (SSSR count). The van der Waals surface area contributed by atoms with Gasteiger partial charge in [0, 0.05) is 14.0 Å². The molecule has 0 aliphatic heterocycles. The molecule has 1 aromatic carbocycles. The lowest BCUT2D eigenvalue weighted by Crippen LogP contribution is -2.29. The summed E-state index contributed by atoms with van der Waals surface area (Å²) in [6.07, 6.45) is 0. The van der Waals surface area contributed by atoms with Crippen LogP contribution in [0.25, 0.3) is 0 Å². The van der Waals surface area contributed by atoms with Crippen LogP contribution in [0.4, 0.5) is 0 Å². The molecule has 1 N–H and O–H groups in total. The predicted octanol–water partition coefficient (Wildman–Crippen LogP) is 1.48. The van der Waals surface area contributed by atoms with Gasteiger partial charge in [-0.3, -0.25) is 4.79 Å². The summed E-state index contributed by atoms with van der Waals surface area (Å²) in [5.74, 6) is -0.0742. The molecule has 4 nitrogen and oxygen atoms in total. The number of benzene rings is 1. The Morgan fingerprint density at radius 2 is 2.06 bits per heavy atom. The number of ether oxygens (including phenoxy) is 2. The molecular weight excluding hydrogens is 206 g/mol. The zero-order valence-electron chi connectivity index (χ0n) is 9.60. The normalized spacial score (nSPS) is 12.1. The van der Waals surface area contributed by atoms with Crippen LogP contribution in [-0.4, -0.2) is 26.4 Å². The van der Waals surface area contributed by atoms with Gasteiger partial charge < -0.3 is 14.8 Å². The van der Waals surface area contributed by atoms with E-state index in [-0.39, 0.29) is 18.7 Å². The van der Waals surface area contributed by atoms with Crippen LogP contribution in [0, 0.1) is 0 Å². The van der Waals surface area contributed by atoms with Gasteiger partial charge in [0.1, 0.15) is 6.79 Å². The largest absolute Gasteiger partial charge is 0.359 e. The summed E-state index contributed by atoms with van der Waals surface area (Å²) in [5.41, 5.74) is 1.02. The highest BCUT2D eigenvalue weighted by Gasteiger charge is 2.12. The van der Waals surface area contributed by atoms with E-state index >= 15 is 0 Å². The van der Waals surface area contributed by atoms with Crippen LogP contribution in [0.15, 0.2) is 30.3 Å². The Hall–Kier alpha value is -1.39. The third kappa shape index (κ3) is 4.42. The van der Waals surface area contributed by atoms with Crippen molar-refractivity contribution in [2.24, 2.45) is 0 Å². The first-order valence-corrected chi connectivity index (χ1v) is 5.12. The topological polar surface area (TPSA) is 47.6 Å². The van der Waals surface area contributed by atoms with Gasteiger partial charge in [0.25, 0.3) is 0 Å². The Labute approximate surface area is 95.6 Å². The van der Waals surface area contributed by atoms with Crippen LogP contribution in [-0.2, 0) is 14.3 Å². The van der Waals surface area contributed by atoms with E-state index in [2.05, 4.69) is 5.32 Å². The van der Waals surface area contributed by atoms with Gasteiger partial charge in [0.05, 0.1) is 12.6 Å². The molecule has 0 saturated heterocycles. The first-order chi connectivity index (χ1) is 7.74. The summed E-state index contributed by atoms with van der Waals surface area (Å²) in [6.45, 7) is 2.12. The van der Waals surface area contributed by atoms with Gasteiger partial charge in [0.15, 0.2) is 0 Å². The summed E-state index contributed by atoms with van der Waals surface area (Å²) in [6, 6.07) is 9.58. The van der Waals surface area contributed by atoms with Crippen LogP contribution in [0.3, 0.4) is 0 Å². The highest BCUT2D eigenvalue weighted by molar-refractivity contribution is 5.73. The van der Waals surface area contributed by atoms with E-state index in [1.807, 2.05) is 30.3 Å². The van der Waals surface area contributed by atoms with Crippen molar-refractivity contribution in [1.29, 1.82) is 0 Å². The molecule has 0 aliphatic carbocycles. The van der Waals surface area contributed by atoms with Gasteiger partial charge >= 0.3 is 0 Å². The number of carbonyl (C=O) groups excluding carboxylic acids is 1. The number of rotatable bonds is 6. The summed E-state index contributed by atoms with van der Waals surface area (Å²) in [7, 11) is 1.57. The second-order valence-electron chi connectivity index (χ2n) is 3.44. The van der Waals surface area contributed by atoms with E-state index in [0.717, 1.165) is 5.56 Å².